The minimum atomic E-state index is -4.66. The van der Waals surface area contributed by atoms with Crippen LogP contribution >= 0.6 is 0 Å². The third-order valence-corrected chi connectivity index (χ3v) is 5.38. The number of fused-ring (bicyclic) bond motifs is 1. The van der Waals surface area contributed by atoms with E-state index in [1.165, 1.54) is 41.1 Å². The van der Waals surface area contributed by atoms with Crippen molar-refractivity contribution in [2.75, 3.05) is 6.26 Å². The monoisotopic (exact) mass is 422 g/mol. The summed E-state index contributed by atoms with van der Waals surface area (Å²) in [6.07, 6.45) is -3.58. The number of benzene rings is 2. The number of para-hydroxylation sites is 2. The molecule has 0 unspecified atom stereocenters. The molecule has 0 bridgehead atoms. The summed E-state index contributed by atoms with van der Waals surface area (Å²) in [5.74, 6) is -0.925. The lowest BCUT2D eigenvalue weighted by atomic mass is 10.3. The van der Waals surface area contributed by atoms with E-state index in [1.54, 1.807) is 12.1 Å². The van der Waals surface area contributed by atoms with E-state index in [2.05, 4.69) is 20.5 Å². The van der Waals surface area contributed by atoms with Gasteiger partial charge in [-0.1, -0.05) is 12.1 Å². The molecule has 0 atom stereocenters. The summed E-state index contributed by atoms with van der Waals surface area (Å²) < 4.78 is 65.9. The molecule has 0 saturated carbocycles. The summed E-state index contributed by atoms with van der Waals surface area (Å²) in [7, 11) is -3.38. The Labute approximate surface area is 162 Å². The molecule has 0 saturated heterocycles. The van der Waals surface area contributed by atoms with Crippen molar-refractivity contribution in [1.29, 1.82) is 0 Å². The first-order valence-electron chi connectivity index (χ1n) is 8.25. The Bertz CT molecular complexity index is 1290. The third-order valence-electron chi connectivity index (χ3n) is 4.25. The van der Waals surface area contributed by atoms with Crippen LogP contribution < -0.4 is 0 Å². The van der Waals surface area contributed by atoms with Crippen LogP contribution in [0.5, 0.6) is 0 Å². The van der Waals surface area contributed by atoms with Gasteiger partial charge >= 0.3 is 6.18 Å². The quantitative estimate of drug-likeness (QED) is 0.501. The van der Waals surface area contributed by atoms with Gasteiger partial charge < -0.3 is 4.57 Å². The minimum absolute atomic E-state index is 0.107. The maximum atomic E-state index is 13.5. The second-order valence-corrected chi connectivity index (χ2v) is 8.30. The molecule has 12 heteroatoms. The first kappa shape index (κ1) is 19.1. The highest BCUT2D eigenvalue weighted by Gasteiger charge is 2.38. The van der Waals surface area contributed by atoms with Crippen LogP contribution in [0.4, 0.5) is 13.2 Å². The molecule has 4 rings (SSSR count). The summed E-state index contributed by atoms with van der Waals surface area (Å²) in [5, 5.41) is 11.2. The van der Waals surface area contributed by atoms with Crippen LogP contribution in [0.3, 0.4) is 0 Å². The van der Waals surface area contributed by atoms with Gasteiger partial charge in [0.05, 0.1) is 28.2 Å². The van der Waals surface area contributed by atoms with E-state index in [0.29, 0.717) is 11.2 Å². The number of tetrazole rings is 1. The first-order chi connectivity index (χ1) is 13.6. The second-order valence-electron chi connectivity index (χ2n) is 6.28. The van der Waals surface area contributed by atoms with Crippen molar-refractivity contribution >= 4 is 20.9 Å². The van der Waals surface area contributed by atoms with Crippen molar-refractivity contribution in [3.63, 3.8) is 0 Å². The molecule has 0 fully saturated rings. The first-order valence-corrected chi connectivity index (χ1v) is 10.1. The zero-order valence-corrected chi connectivity index (χ0v) is 15.7. The second kappa shape index (κ2) is 6.65. The van der Waals surface area contributed by atoms with Gasteiger partial charge in [-0.2, -0.15) is 17.9 Å². The molecule has 2 aromatic heterocycles. The van der Waals surface area contributed by atoms with Gasteiger partial charge in [0.25, 0.3) is 0 Å². The number of halogens is 3. The fraction of sp³-hybridized carbons (Fsp3) is 0.176. The summed E-state index contributed by atoms with van der Waals surface area (Å²) in [5.41, 5.74) is 0.911. The predicted octanol–water partition coefficient (Wildman–Crippen LogP) is 2.48. The van der Waals surface area contributed by atoms with Crippen molar-refractivity contribution in [2.24, 2.45) is 0 Å². The number of hydrogen-bond donors (Lipinski definition) is 0. The standard InChI is InChI=1S/C17H13F3N6O2S/c1-29(27,28)12-8-6-11(7-9-12)26-15(22-23-24-26)10-25-14-5-3-2-4-13(14)21-16(25)17(18,19)20/h2-9H,10H2,1H3. The van der Waals surface area contributed by atoms with Crippen LogP contribution in [-0.4, -0.2) is 44.4 Å². The molecule has 29 heavy (non-hydrogen) atoms. The Balaban J connectivity index is 1.78. The van der Waals surface area contributed by atoms with Gasteiger partial charge in [0.15, 0.2) is 15.7 Å². The van der Waals surface area contributed by atoms with Crippen LogP contribution in [0.15, 0.2) is 53.4 Å². The van der Waals surface area contributed by atoms with Crippen LogP contribution in [0.1, 0.15) is 11.6 Å². The van der Waals surface area contributed by atoms with E-state index in [4.69, 9.17) is 0 Å². The fourth-order valence-corrected chi connectivity index (χ4v) is 3.56. The van der Waals surface area contributed by atoms with Gasteiger partial charge in [0.1, 0.15) is 0 Å². The van der Waals surface area contributed by atoms with E-state index in [0.717, 1.165) is 10.8 Å². The molecule has 0 aliphatic heterocycles. The topological polar surface area (TPSA) is 95.6 Å². The van der Waals surface area contributed by atoms with Gasteiger partial charge in [-0.15, -0.1) is 5.10 Å². The largest absolute Gasteiger partial charge is 0.449 e. The van der Waals surface area contributed by atoms with E-state index >= 15 is 0 Å². The summed E-state index contributed by atoms with van der Waals surface area (Å²) >= 11 is 0. The van der Waals surface area contributed by atoms with Gasteiger partial charge in [-0.05, 0) is 46.8 Å². The number of imidazole rings is 1. The number of alkyl halides is 3. The van der Waals surface area contributed by atoms with Crippen LogP contribution in [0, 0.1) is 0 Å². The summed E-state index contributed by atoms with van der Waals surface area (Å²) in [4.78, 5) is 3.81. The number of hydrogen-bond acceptors (Lipinski definition) is 6. The third kappa shape index (κ3) is 3.58. The van der Waals surface area contributed by atoms with E-state index < -0.39 is 21.8 Å². The highest BCUT2D eigenvalue weighted by molar-refractivity contribution is 7.90. The van der Waals surface area contributed by atoms with Gasteiger partial charge in [-0.3, -0.25) is 0 Å². The highest BCUT2D eigenvalue weighted by Crippen LogP contribution is 2.32. The fourth-order valence-electron chi connectivity index (χ4n) is 2.93. The van der Waals surface area contributed by atoms with E-state index in [-0.39, 0.29) is 22.8 Å². The average molecular weight is 422 g/mol. The molecule has 2 heterocycles. The van der Waals surface area contributed by atoms with Crippen molar-refractivity contribution in [3.8, 4) is 5.69 Å². The Kier molecular flexibility index (Phi) is 4.37. The van der Waals surface area contributed by atoms with Gasteiger partial charge in [0, 0.05) is 6.26 Å². The molecular formula is C17H13F3N6O2S. The number of nitrogens with zero attached hydrogens (tertiary/aromatic N) is 6. The van der Waals surface area contributed by atoms with Crippen molar-refractivity contribution in [1.82, 2.24) is 29.8 Å². The zero-order valence-electron chi connectivity index (χ0n) is 14.9. The molecule has 0 N–H and O–H groups in total. The van der Waals surface area contributed by atoms with Gasteiger partial charge in [0.2, 0.25) is 5.82 Å². The Hall–Kier alpha value is -3.28. The maximum Gasteiger partial charge on any atom is 0.449 e. The van der Waals surface area contributed by atoms with Crippen molar-refractivity contribution in [3.05, 3.63) is 60.2 Å². The number of aromatic nitrogens is 6. The molecule has 2 aromatic carbocycles. The zero-order chi connectivity index (χ0) is 20.8. The Morgan fingerprint density at radius 2 is 1.72 bits per heavy atom. The van der Waals surface area contributed by atoms with Crippen LogP contribution in [-0.2, 0) is 22.6 Å². The molecule has 0 aliphatic rings. The molecule has 0 radical (unpaired) electrons. The lowest BCUT2D eigenvalue weighted by Crippen LogP contribution is -2.17. The minimum Gasteiger partial charge on any atom is -0.313 e. The molecule has 4 aromatic rings. The molecule has 0 spiro atoms. The van der Waals surface area contributed by atoms with Crippen LogP contribution in [0.2, 0.25) is 0 Å². The Morgan fingerprint density at radius 1 is 1.03 bits per heavy atom. The van der Waals surface area contributed by atoms with Crippen molar-refractivity contribution in [2.45, 2.75) is 17.6 Å². The summed E-state index contributed by atoms with van der Waals surface area (Å²) in [6, 6.07) is 12.0. The smallest absolute Gasteiger partial charge is 0.313 e. The van der Waals surface area contributed by atoms with Crippen LogP contribution in [0.25, 0.3) is 16.7 Å². The normalized spacial score (nSPS) is 12.6. The molecule has 150 valence electrons. The predicted molar refractivity (Wildman–Crippen MR) is 96.1 cm³/mol. The lowest BCUT2D eigenvalue weighted by Gasteiger charge is -2.11. The summed E-state index contributed by atoms with van der Waals surface area (Å²) in [6.45, 7) is -0.282. The molecule has 0 aliphatic carbocycles. The van der Waals surface area contributed by atoms with E-state index in [9.17, 15) is 21.6 Å². The van der Waals surface area contributed by atoms with Gasteiger partial charge in [-0.25, -0.2) is 13.4 Å². The highest BCUT2D eigenvalue weighted by atomic mass is 32.2. The molecular weight excluding hydrogens is 409 g/mol. The molecule has 8 nitrogen and oxygen atoms in total. The lowest BCUT2D eigenvalue weighted by molar-refractivity contribution is -0.146. The maximum absolute atomic E-state index is 13.5. The van der Waals surface area contributed by atoms with Crippen molar-refractivity contribution < 1.29 is 21.6 Å². The Morgan fingerprint density at radius 3 is 2.38 bits per heavy atom. The van der Waals surface area contributed by atoms with E-state index in [1.807, 2.05) is 0 Å². The number of rotatable bonds is 4. The average Bonchev–Trinajstić information content (AvgIpc) is 3.26. The number of sulfone groups is 1. The SMILES string of the molecule is CS(=O)(=O)c1ccc(-n2nnnc2Cn2c(C(F)(F)F)nc3ccccc32)cc1. The molecule has 0 amide bonds.